The van der Waals surface area contributed by atoms with E-state index < -0.39 is 10.0 Å². The molecular formula is C14H23ClN2O4S. The average molecular weight is 351 g/mol. The second-order valence-electron chi connectivity index (χ2n) is 5.14. The van der Waals surface area contributed by atoms with Crippen LogP contribution in [-0.4, -0.2) is 53.1 Å². The van der Waals surface area contributed by atoms with E-state index in [-0.39, 0.29) is 23.3 Å². The fourth-order valence-corrected chi connectivity index (χ4v) is 4.15. The zero-order chi connectivity index (χ0) is 15.6. The Kier molecular flexibility index (Phi) is 6.49. The summed E-state index contributed by atoms with van der Waals surface area (Å²) in [6.45, 7) is 3.28. The molecule has 8 heteroatoms. The molecule has 1 aromatic carbocycles. The van der Waals surface area contributed by atoms with Crippen molar-refractivity contribution in [2.45, 2.75) is 24.3 Å². The second-order valence-corrected chi connectivity index (χ2v) is 7.11. The number of benzene rings is 1. The minimum Gasteiger partial charge on any atom is -0.493 e. The second kappa shape index (κ2) is 7.50. The van der Waals surface area contributed by atoms with E-state index in [9.17, 15) is 8.42 Å². The van der Waals surface area contributed by atoms with E-state index in [4.69, 9.17) is 9.47 Å². The van der Waals surface area contributed by atoms with Gasteiger partial charge in [-0.3, -0.25) is 0 Å². The van der Waals surface area contributed by atoms with Crippen molar-refractivity contribution in [1.82, 2.24) is 9.62 Å². The number of sulfonamides is 1. The molecule has 0 amide bonds. The minimum atomic E-state index is -3.55. The summed E-state index contributed by atoms with van der Waals surface area (Å²) in [7, 11) is 1.10. The van der Waals surface area contributed by atoms with Crippen LogP contribution in [0.15, 0.2) is 17.0 Å². The van der Waals surface area contributed by atoms with Crippen molar-refractivity contribution < 1.29 is 17.9 Å². The van der Waals surface area contributed by atoms with Crippen LogP contribution in [0.1, 0.15) is 12.0 Å². The molecule has 0 radical (unpaired) electrons. The Balaban J connectivity index is 0.00000242. The summed E-state index contributed by atoms with van der Waals surface area (Å²) in [5, 5.41) is 3.18. The van der Waals surface area contributed by atoms with Crippen molar-refractivity contribution >= 4 is 22.4 Å². The van der Waals surface area contributed by atoms with Crippen molar-refractivity contribution in [3.63, 3.8) is 0 Å². The zero-order valence-electron chi connectivity index (χ0n) is 13.3. The molecule has 1 aliphatic heterocycles. The van der Waals surface area contributed by atoms with E-state index in [1.54, 1.807) is 20.0 Å². The summed E-state index contributed by atoms with van der Waals surface area (Å²) >= 11 is 0. The van der Waals surface area contributed by atoms with Gasteiger partial charge in [0.25, 0.3) is 0 Å². The minimum absolute atomic E-state index is 0. The van der Waals surface area contributed by atoms with Crippen molar-refractivity contribution in [3.05, 3.63) is 17.7 Å². The van der Waals surface area contributed by atoms with Crippen molar-refractivity contribution in [3.8, 4) is 11.5 Å². The number of nitrogens with one attached hydrogen (secondary N) is 1. The molecule has 1 saturated heterocycles. The van der Waals surface area contributed by atoms with Crippen LogP contribution in [0.5, 0.6) is 11.5 Å². The smallest absolute Gasteiger partial charge is 0.243 e. The molecule has 22 heavy (non-hydrogen) atoms. The fourth-order valence-electron chi connectivity index (χ4n) is 2.54. The molecule has 1 aliphatic rings. The lowest BCUT2D eigenvalue weighted by atomic mass is 10.2. The first-order valence-corrected chi connectivity index (χ1v) is 8.27. The molecule has 1 aromatic rings. The highest BCUT2D eigenvalue weighted by molar-refractivity contribution is 7.89. The standard InChI is InChI=1S/C14H22N2O4S.ClH/c1-10-7-12(19-3)13(20-4)8-14(10)21(17,18)16(2)11-5-6-15-9-11;/h7-8,11,15H,5-6,9H2,1-4H3;1H. The molecule has 2 rings (SSSR count). The SMILES string of the molecule is COc1cc(C)c(S(=O)(=O)N(C)C2CCNC2)cc1OC.Cl. The number of hydrogen-bond donors (Lipinski definition) is 1. The van der Waals surface area contributed by atoms with Gasteiger partial charge in [-0.25, -0.2) is 8.42 Å². The monoisotopic (exact) mass is 350 g/mol. The summed E-state index contributed by atoms with van der Waals surface area (Å²) in [5.41, 5.74) is 0.644. The maximum Gasteiger partial charge on any atom is 0.243 e. The van der Waals surface area contributed by atoms with Gasteiger partial charge in [-0.05, 0) is 31.5 Å². The molecule has 0 saturated carbocycles. The summed E-state index contributed by atoms with van der Waals surface area (Å²) in [5.74, 6) is 0.943. The molecule has 0 aliphatic carbocycles. The third-order valence-electron chi connectivity index (χ3n) is 3.89. The Morgan fingerprint density at radius 1 is 1.23 bits per heavy atom. The first-order chi connectivity index (χ1) is 9.91. The first-order valence-electron chi connectivity index (χ1n) is 6.83. The Labute approximate surface area is 138 Å². The van der Waals surface area contributed by atoms with Crippen molar-refractivity contribution in [2.75, 3.05) is 34.4 Å². The number of hydrogen-bond acceptors (Lipinski definition) is 5. The van der Waals surface area contributed by atoms with Gasteiger partial charge in [-0.1, -0.05) is 0 Å². The lowest BCUT2D eigenvalue weighted by molar-refractivity contribution is 0.352. The Bertz CT molecular complexity index is 616. The zero-order valence-corrected chi connectivity index (χ0v) is 14.9. The third-order valence-corrected chi connectivity index (χ3v) is 5.94. The Morgan fingerprint density at radius 3 is 2.32 bits per heavy atom. The maximum absolute atomic E-state index is 12.8. The fraction of sp³-hybridized carbons (Fsp3) is 0.571. The molecular weight excluding hydrogens is 328 g/mol. The van der Waals surface area contributed by atoms with Gasteiger partial charge in [-0.15, -0.1) is 12.4 Å². The summed E-state index contributed by atoms with van der Waals surface area (Å²) in [6.07, 6.45) is 0.821. The molecule has 1 N–H and O–H groups in total. The van der Waals surface area contributed by atoms with Gasteiger partial charge >= 0.3 is 0 Å². The van der Waals surface area contributed by atoms with Gasteiger partial charge in [0.15, 0.2) is 11.5 Å². The van der Waals surface area contributed by atoms with Crippen LogP contribution in [0.25, 0.3) is 0 Å². The van der Waals surface area contributed by atoms with Crippen LogP contribution in [0.3, 0.4) is 0 Å². The topological polar surface area (TPSA) is 67.9 Å². The lowest BCUT2D eigenvalue weighted by Gasteiger charge is -2.24. The van der Waals surface area contributed by atoms with Crippen LogP contribution in [0, 0.1) is 6.92 Å². The number of likely N-dealkylation sites (N-methyl/N-ethyl adjacent to an activating group) is 1. The van der Waals surface area contributed by atoms with Crippen LogP contribution in [0.2, 0.25) is 0 Å². The predicted molar refractivity (Wildman–Crippen MR) is 87.8 cm³/mol. The van der Waals surface area contributed by atoms with Gasteiger partial charge in [-0.2, -0.15) is 4.31 Å². The van der Waals surface area contributed by atoms with Gasteiger partial charge in [0, 0.05) is 25.7 Å². The molecule has 6 nitrogen and oxygen atoms in total. The van der Waals surface area contributed by atoms with Gasteiger partial charge in [0.2, 0.25) is 10.0 Å². The van der Waals surface area contributed by atoms with Gasteiger partial charge in [0.1, 0.15) is 0 Å². The Morgan fingerprint density at radius 2 is 1.82 bits per heavy atom. The van der Waals surface area contributed by atoms with E-state index >= 15 is 0 Å². The number of nitrogens with zero attached hydrogens (tertiary/aromatic N) is 1. The first kappa shape index (κ1) is 19.0. The molecule has 1 atom stereocenters. The molecule has 1 unspecified atom stereocenters. The van der Waals surface area contributed by atoms with Crippen LogP contribution in [0.4, 0.5) is 0 Å². The maximum atomic E-state index is 12.8. The van der Waals surface area contributed by atoms with Gasteiger partial charge in [0.05, 0.1) is 19.1 Å². The van der Waals surface area contributed by atoms with Crippen LogP contribution >= 0.6 is 12.4 Å². The lowest BCUT2D eigenvalue weighted by Crippen LogP contribution is -2.38. The predicted octanol–water partition coefficient (Wildman–Crippen LogP) is 1.42. The van der Waals surface area contributed by atoms with E-state index in [0.29, 0.717) is 23.6 Å². The van der Waals surface area contributed by atoms with Crippen LogP contribution < -0.4 is 14.8 Å². The molecule has 1 fully saturated rings. The summed E-state index contributed by atoms with van der Waals surface area (Å²) < 4.78 is 37.5. The highest BCUT2D eigenvalue weighted by Gasteiger charge is 2.31. The van der Waals surface area contributed by atoms with E-state index in [0.717, 1.165) is 13.0 Å². The molecule has 0 aromatic heterocycles. The molecule has 0 bridgehead atoms. The normalized spacial score (nSPS) is 18.1. The van der Waals surface area contributed by atoms with E-state index in [2.05, 4.69) is 5.32 Å². The average Bonchev–Trinajstić information content (AvgIpc) is 2.99. The largest absolute Gasteiger partial charge is 0.493 e. The number of aryl methyl sites for hydroxylation is 1. The highest BCUT2D eigenvalue weighted by atomic mass is 35.5. The van der Waals surface area contributed by atoms with Crippen molar-refractivity contribution in [1.29, 1.82) is 0 Å². The number of methoxy groups -OCH3 is 2. The van der Waals surface area contributed by atoms with Gasteiger partial charge < -0.3 is 14.8 Å². The molecule has 126 valence electrons. The number of ether oxygens (including phenoxy) is 2. The Hall–Kier alpha value is -1.02. The highest BCUT2D eigenvalue weighted by Crippen LogP contribution is 2.34. The van der Waals surface area contributed by atoms with E-state index in [1.165, 1.54) is 24.6 Å². The third kappa shape index (κ3) is 3.48. The number of halogens is 1. The molecule has 0 spiro atoms. The summed E-state index contributed by atoms with van der Waals surface area (Å²) in [6, 6.07) is 3.21. The van der Waals surface area contributed by atoms with E-state index in [1.807, 2.05) is 0 Å². The van der Waals surface area contributed by atoms with Crippen molar-refractivity contribution in [2.24, 2.45) is 0 Å². The molecule has 1 heterocycles. The number of rotatable bonds is 5. The summed E-state index contributed by atoms with van der Waals surface area (Å²) in [4.78, 5) is 0.259. The van der Waals surface area contributed by atoms with Crippen LogP contribution in [-0.2, 0) is 10.0 Å². The quantitative estimate of drug-likeness (QED) is 0.869.